The zero-order chi connectivity index (χ0) is 47.8. The molecule has 4 heteroatoms. The standard InChI is InChI=1S/C69H41N3O/c1-3-17-42(18-4-1)52-40-61-62(41-53(52)43-19-5-2-6-20-43)71-68-51-35-33-46(72-63-27-13-15-29-65(63)73-66-30-16-14-28-64(66)72)39-55(51)54-37-44(31-34-50(54)67(68)70-61)45-32-36-60-56(38-45)49-23-9-12-26-59(49)69(60)57-24-10-7-21-47(57)48-22-8-11-25-58(48)69/h1-41H. The van der Waals surface area contributed by atoms with Crippen molar-refractivity contribution in [2.75, 3.05) is 4.90 Å². The number of anilines is 3. The first-order valence-electron chi connectivity index (χ1n) is 25.1. The summed E-state index contributed by atoms with van der Waals surface area (Å²) in [4.78, 5) is 13.5. The van der Waals surface area contributed by atoms with Crippen LogP contribution in [0, 0.1) is 0 Å². The van der Waals surface area contributed by atoms with Crippen LogP contribution in [0.2, 0.25) is 0 Å². The maximum atomic E-state index is 6.49. The highest BCUT2D eigenvalue weighted by molar-refractivity contribution is 6.25. The number of aromatic nitrogens is 2. The summed E-state index contributed by atoms with van der Waals surface area (Å²) < 4.78 is 6.49. The van der Waals surface area contributed by atoms with Gasteiger partial charge in [-0.2, -0.15) is 0 Å². The third kappa shape index (κ3) is 5.66. The highest BCUT2D eigenvalue weighted by atomic mass is 16.5. The second-order valence-corrected chi connectivity index (χ2v) is 19.5. The van der Waals surface area contributed by atoms with Crippen LogP contribution >= 0.6 is 0 Å². The average molecular weight is 928 g/mol. The highest BCUT2D eigenvalue weighted by Crippen LogP contribution is 2.63. The van der Waals surface area contributed by atoms with Crippen LogP contribution in [0.4, 0.5) is 17.1 Å². The van der Waals surface area contributed by atoms with Gasteiger partial charge in [-0.15, -0.1) is 0 Å². The highest BCUT2D eigenvalue weighted by Gasteiger charge is 2.51. The Hall–Kier alpha value is -9.64. The van der Waals surface area contributed by atoms with Crippen LogP contribution in [0.1, 0.15) is 22.3 Å². The Balaban J connectivity index is 0.948. The molecular weight excluding hydrogens is 887 g/mol. The molecule has 0 amide bonds. The molecule has 73 heavy (non-hydrogen) atoms. The van der Waals surface area contributed by atoms with E-state index in [2.05, 4.69) is 229 Å². The monoisotopic (exact) mass is 927 g/mol. The van der Waals surface area contributed by atoms with Gasteiger partial charge in [-0.1, -0.05) is 188 Å². The lowest BCUT2D eigenvalue weighted by Gasteiger charge is -2.33. The Morgan fingerprint density at radius 1 is 0.301 bits per heavy atom. The molecule has 16 rings (SSSR count). The molecule has 0 saturated heterocycles. The van der Waals surface area contributed by atoms with Gasteiger partial charge in [0.1, 0.15) is 0 Å². The summed E-state index contributed by atoms with van der Waals surface area (Å²) in [5.74, 6) is 1.64. The molecule has 12 aromatic carbocycles. The predicted molar refractivity (Wildman–Crippen MR) is 299 cm³/mol. The Morgan fingerprint density at radius 2 is 0.740 bits per heavy atom. The van der Waals surface area contributed by atoms with Crippen LogP contribution in [0.15, 0.2) is 249 Å². The van der Waals surface area contributed by atoms with Gasteiger partial charge in [0.15, 0.2) is 11.5 Å². The molecule has 0 radical (unpaired) electrons. The average Bonchev–Trinajstić information content (AvgIpc) is 3.94. The van der Waals surface area contributed by atoms with E-state index in [0.29, 0.717) is 0 Å². The SMILES string of the molecule is c1ccc(-c2cc3nc4c5ccc(-c6ccc7c(c6)-c6ccccc6C76c7ccccc7-c7ccccc76)cc5c5cc(N6c7ccccc7Oc7ccccc76)ccc5c4nc3cc2-c2ccccc2)cc1. The minimum atomic E-state index is -0.396. The van der Waals surface area contributed by atoms with Crippen molar-refractivity contribution in [3.8, 4) is 67.1 Å². The van der Waals surface area contributed by atoms with Gasteiger partial charge in [-0.25, -0.2) is 9.97 Å². The van der Waals surface area contributed by atoms with Gasteiger partial charge in [-0.05, 0) is 149 Å². The number of hydrogen-bond acceptors (Lipinski definition) is 4. The fourth-order valence-electron chi connectivity index (χ4n) is 12.7. The summed E-state index contributed by atoms with van der Waals surface area (Å²) in [7, 11) is 0. The van der Waals surface area contributed by atoms with Crippen LogP contribution in [0.25, 0.3) is 99.2 Å². The van der Waals surface area contributed by atoms with E-state index in [4.69, 9.17) is 14.7 Å². The molecule has 0 atom stereocenters. The number of para-hydroxylation sites is 4. The third-order valence-corrected chi connectivity index (χ3v) is 15.8. The van der Waals surface area contributed by atoms with Crippen LogP contribution < -0.4 is 9.64 Å². The van der Waals surface area contributed by atoms with Crippen molar-refractivity contribution in [3.05, 3.63) is 271 Å². The molecular formula is C69H41N3O. The lowest BCUT2D eigenvalue weighted by atomic mass is 9.70. The van der Waals surface area contributed by atoms with Gasteiger partial charge in [-0.3, -0.25) is 0 Å². The molecule has 1 aliphatic heterocycles. The van der Waals surface area contributed by atoms with Crippen molar-refractivity contribution in [3.63, 3.8) is 0 Å². The number of nitrogens with zero attached hydrogens (tertiary/aromatic N) is 3. The van der Waals surface area contributed by atoms with E-state index in [1.807, 2.05) is 24.3 Å². The lowest BCUT2D eigenvalue weighted by molar-refractivity contribution is 0.477. The van der Waals surface area contributed by atoms with Crippen LogP contribution in [-0.2, 0) is 5.41 Å². The van der Waals surface area contributed by atoms with Gasteiger partial charge in [0.25, 0.3) is 0 Å². The van der Waals surface area contributed by atoms with Crippen molar-refractivity contribution >= 4 is 60.7 Å². The summed E-state index contributed by atoms with van der Waals surface area (Å²) in [6.45, 7) is 0. The number of rotatable bonds is 4. The predicted octanol–water partition coefficient (Wildman–Crippen LogP) is 18.0. The van der Waals surface area contributed by atoms with Crippen molar-refractivity contribution in [1.82, 2.24) is 9.97 Å². The smallest absolute Gasteiger partial charge is 0.151 e. The molecule has 1 spiro atoms. The Labute approximate surface area is 421 Å². The molecule has 2 heterocycles. The second kappa shape index (κ2) is 15.2. The lowest BCUT2D eigenvalue weighted by Crippen LogP contribution is -2.25. The number of ether oxygens (including phenoxy) is 1. The molecule has 1 aromatic heterocycles. The molecule has 13 aromatic rings. The minimum Gasteiger partial charge on any atom is -0.453 e. The van der Waals surface area contributed by atoms with Gasteiger partial charge in [0.05, 0.1) is 38.9 Å². The minimum absolute atomic E-state index is 0.396. The van der Waals surface area contributed by atoms with Crippen molar-refractivity contribution in [2.24, 2.45) is 0 Å². The molecule has 0 fully saturated rings. The second-order valence-electron chi connectivity index (χ2n) is 19.5. The van der Waals surface area contributed by atoms with Crippen molar-refractivity contribution < 1.29 is 4.74 Å². The van der Waals surface area contributed by atoms with Gasteiger partial charge >= 0.3 is 0 Å². The molecule has 0 N–H and O–H groups in total. The van der Waals surface area contributed by atoms with Crippen LogP contribution in [0.3, 0.4) is 0 Å². The normalized spacial score (nSPS) is 13.4. The summed E-state index contributed by atoms with van der Waals surface area (Å²) in [5.41, 5.74) is 23.5. The van der Waals surface area contributed by atoms with E-state index in [1.165, 1.54) is 44.5 Å². The Kier molecular flexibility index (Phi) is 8.35. The largest absolute Gasteiger partial charge is 0.453 e. The number of hydrogen-bond donors (Lipinski definition) is 0. The fraction of sp³-hybridized carbons (Fsp3) is 0.0145. The van der Waals surface area contributed by atoms with E-state index < -0.39 is 5.41 Å². The zero-order valence-electron chi connectivity index (χ0n) is 39.4. The summed E-state index contributed by atoms with van der Waals surface area (Å²) in [5, 5.41) is 4.32. The first-order valence-corrected chi connectivity index (χ1v) is 25.1. The first-order chi connectivity index (χ1) is 36.2. The fourth-order valence-corrected chi connectivity index (χ4v) is 12.7. The summed E-state index contributed by atoms with van der Waals surface area (Å²) in [6, 6.07) is 90.3. The van der Waals surface area contributed by atoms with Crippen molar-refractivity contribution in [2.45, 2.75) is 5.41 Å². The Morgan fingerprint density at radius 3 is 1.32 bits per heavy atom. The summed E-state index contributed by atoms with van der Waals surface area (Å²) >= 11 is 0. The molecule has 0 bridgehead atoms. The number of benzene rings is 12. The van der Waals surface area contributed by atoms with E-state index in [9.17, 15) is 0 Å². The van der Waals surface area contributed by atoms with Crippen LogP contribution in [-0.4, -0.2) is 9.97 Å². The van der Waals surface area contributed by atoms with E-state index >= 15 is 0 Å². The Bertz CT molecular complexity index is 4390. The van der Waals surface area contributed by atoms with Crippen LogP contribution in [0.5, 0.6) is 11.5 Å². The quantitative estimate of drug-likeness (QED) is 0.130. The van der Waals surface area contributed by atoms with Gasteiger partial charge in [0.2, 0.25) is 0 Å². The molecule has 4 nitrogen and oxygen atoms in total. The van der Waals surface area contributed by atoms with E-state index in [1.54, 1.807) is 0 Å². The molecule has 2 aliphatic carbocycles. The third-order valence-electron chi connectivity index (χ3n) is 15.8. The first kappa shape index (κ1) is 40.1. The maximum absolute atomic E-state index is 6.49. The van der Waals surface area contributed by atoms with Gasteiger partial charge < -0.3 is 9.64 Å². The molecule has 0 unspecified atom stereocenters. The molecule has 338 valence electrons. The van der Waals surface area contributed by atoms with Gasteiger partial charge in [0, 0.05) is 16.5 Å². The summed E-state index contributed by atoms with van der Waals surface area (Å²) in [6.07, 6.45) is 0. The topological polar surface area (TPSA) is 38.2 Å². The molecule has 3 aliphatic rings. The molecule has 0 saturated carbocycles. The van der Waals surface area contributed by atoms with Crippen molar-refractivity contribution in [1.29, 1.82) is 0 Å². The maximum Gasteiger partial charge on any atom is 0.151 e. The van der Waals surface area contributed by atoms with E-state index in [0.717, 1.165) is 106 Å². The zero-order valence-corrected chi connectivity index (χ0v) is 39.4. The number of fused-ring (bicyclic) bond motifs is 19. The van der Waals surface area contributed by atoms with E-state index in [-0.39, 0.29) is 0 Å².